The van der Waals surface area contributed by atoms with Gasteiger partial charge in [0.25, 0.3) is 0 Å². The third kappa shape index (κ3) is 3.10. The van der Waals surface area contributed by atoms with Gasteiger partial charge in [-0.1, -0.05) is 60.7 Å². The Morgan fingerprint density at radius 3 is 2.04 bits per heavy atom. The van der Waals surface area contributed by atoms with Crippen molar-refractivity contribution in [3.63, 3.8) is 0 Å². The van der Waals surface area contributed by atoms with Crippen LogP contribution >= 0.6 is 0 Å². The molecule has 3 aromatic rings. The van der Waals surface area contributed by atoms with E-state index in [0.29, 0.717) is 34.8 Å². The number of fused-ring (bicyclic) bond motifs is 1. The molecule has 0 fully saturated rings. The van der Waals surface area contributed by atoms with Crippen molar-refractivity contribution >= 4 is 11.6 Å². The Bertz CT molecular complexity index is 973. The molecule has 0 bridgehead atoms. The van der Waals surface area contributed by atoms with Crippen LogP contribution in [-0.4, -0.2) is 18.7 Å². The van der Waals surface area contributed by atoms with E-state index in [1.54, 1.807) is 49.6 Å². The number of hydrogen-bond donors (Lipinski definition) is 0. The molecule has 4 rings (SSSR count). The molecule has 0 heterocycles. The van der Waals surface area contributed by atoms with Crippen LogP contribution in [0.5, 0.6) is 11.5 Å². The third-order valence-corrected chi connectivity index (χ3v) is 4.74. The fourth-order valence-corrected chi connectivity index (χ4v) is 3.36. The molecular formula is C23H18O4. The van der Waals surface area contributed by atoms with Crippen LogP contribution in [0.3, 0.4) is 0 Å². The van der Waals surface area contributed by atoms with E-state index in [1.165, 1.54) is 0 Å². The van der Waals surface area contributed by atoms with Crippen molar-refractivity contribution in [2.24, 2.45) is 0 Å². The van der Waals surface area contributed by atoms with Crippen LogP contribution < -0.4 is 9.47 Å². The average Bonchev–Trinajstić information content (AvgIpc) is 2.98. The van der Waals surface area contributed by atoms with Gasteiger partial charge in [-0.15, -0.1) is 0 Å². The van der Waals surface area contributed by atoms with Crippen molar-refractivity contribution in [2.45, 2.75) is 12.5 Å². The van der Waals surface area contributed by atoms with E-state index >= 15 is 0 Å². The van der Waals surface area contributed by atoms with E-state index in [9.17, 15) is 9.59 Å². The van der Waals surface area contributed by atoms with E-state index in [-0.39, 0.29) is 11.6 Å². The van der Waals surface area contributed by atoms with Crippen LogP contribution in [0.15, 0.2) is 72.8 Å². The van der Waals surface area contributed by atoms with Gasteiger partial charge in [0.05, 0.1) is 7.11 Å². The maximum Gasteiger partial charge on any atom is 0.178 e. The Morgan fingerprint density at radius 2 is 1.41 bits per heavy atom. The predicted molar refractivity (Wildman–Crippen MR) is 102 cm³/mol. The zero-order valence-corrected chi connectivity index (χ0v) is 14.8. The average molecular weight is 358 g/mol. The van der Waals surface area contributed by atoms with E-state index in [0.717, 1.165) is 5.56 Å². The fraction of sp³-hybridized carbons (Fsp3) is 0.130. The van der Waals surface area contributed by atoms with Gasteiger partial charge in [-0.3, -0.25) is 9.59 Å². The molecule has 0 aromatic heterocycles. The fourth-order valence-electron chi connectivity index (χ4n) is 3.36. The molecule has 0 aliphatic heterocycles. The monoisotopic (exact) mass is 358 g/mol. The summed E-state index contributed by atoms with van der Waals surface area (Å²) in [5.41, 5.74) is 2.62. The van der Waals surface area contributed by atoms with Crippen LogP contribution in [0.4, 0.5) is 0 Å². The van der Waals surface area contributed by atoms with Crippen molar-refractivity contribution < 1.29 is 19.1 Å². The first-order valence-corrected chi connectivity index (χ1v) is 8.71. The highest BCUT2D eigenvalue weighted by Crippen LogP contribution is 2.38. The van der Waals surface area contributed by atoms with Crippen LogP contribution in [0.1, 0.15) is 37.8 Å². The SMILES string of the molecule is COc1cc(C2C(=O)c3ccccc3C2=O)ccc1OCc1ccccc1. The van der Waals surface area contributed by atoms with E-state index in [2.05, 4.69) is 0 Å². The number of ether oxygens (including phenoxy) is 2. The van der Waals surface area contributed by atoms with Crippen LogP contribution in [-0.2, 0) is 6.61 Å². The number of benzene rings is 3. The normalized spacial score (nSPS) is 13.5. The maximum atomic E-state index is 12.7. The lowest BCUT2D eigenvalue weighted by molar-refractivity contribution is 0.0890. The molecule has 134 valence electrons. The summed E-state index contributed by atoms with van der Waals surface area (Å²) < 4.78 is 11.3. The summed E-state index contributed by atoms with van der Waals surface area (Å²) in [7, 11) is 1.54. The van der Waals surface area contributed by atoms with Crippen molar-refractivity contribution in [3.05, 3.63) is 95.1 Å². The standard InChI is InChI=1S/C23H18O4/c1-26-20-13-16(11-12-19(20)27-14-15-7-3-2-4-8-15)21-22(24)17-9-5-6-10-18(17)23(21)25/h2-13,21H,14H2,1H3. The number of Topliss-reactive ketones (excluding diaryl/α,β-unsaturated/α-hetero) is 2. The van der Waals surface area contributed by atoms with Crippen molar-refractivity contribution in [3.8, 4) is 11.5 Å². The molecule has 0 spiro atoms. The lowest BCUT2D eigenvalue weighted by atomic mass is 9.94. The van der Waals surface area contributed by atoms with Crippen molar-refractivity contribution in [1.29, 1.82) is 0 Å². The van der Waals surface area contributed by atoms with Gasteiger partial charge < -0.3 is 9.47 Å². The molecular weight excluding hydrogens is 340 g/mol. The summed E-state index contributed by atoms with van der Waals surface area (Å²) in [5.74, 6) is -0.0915. The van der Waals surface area contributed by atoms with Gasteiger partial charge in [-0.05, 0) is 23.3 Å². The van der Waals surface area contributed by atoms with Gasteiger partial charge in [0.15, 0.2) is 23.1 Å². The Kier molecular flexibility index (Phi) is 4.47. The van der Waals surface area contributed by atoms with E-state index < -0.39 is 5.92 Å². The summed E-state index contributed by atoms with van der Waals surface area (Å²) in [6.07, 6.45) is 0. The predicted octanol–water partition coefficient (Wildman–Crippen LogP) is 4.44. The molecule has 1 aliphatic carbocycles. The number of carbonyl (C=O) groups excluding carboxylic acids is 2. The molecule has 0 atom stereocenters. The van der Waals surface area contributed by atoms with Gasteiger partial charge >= 0.3 is 0 Å². The smallest absolute Gasteiger partial charge is 0.178 e. The molecule has 3 aromatic carbocycles. The van der Waals surface area contributed by atoms with Crippen LogP contribution in [0.25, 0.3) is 0 Å². The van der Waals surface area contributed by atoms with Gasteiger partial charge in [-0.2, -0.15) is 0 Å². The van der Waals surface area contributed by atoms with Gasteiger partial charge in [0.1, 0.15) is 12.5 Å². The molecule has 0 radical (unpaired) electrons. The highest BCUT2D eigenvalue weighted by molar-refractivity contribution is 6.29. The Hall–Kier alpha value is -3.40. The second-order valence-corrected chi connectivity index (χ2v) is 6.39. The van der Waals surface area contributed by atoms with Gasteiger partial charge in [0, 0.05) is 11.1 Å². The van der Waals surface area contributed by atoms with Gasteiger partial charge in [-0.25, -0.2) is 0 Å². The number of ketones is 2. The second-order valence-electron chi connectivity index (χ2n) is 6.39. The molecule has 0 N–H and O–H groups in total. The van der Waals surface area contributed by atoms with Crippen LogP contribution in [0.2, 0.25) is 0 Å². The summed E-state index contributed by atoms with van der Waals surface area (Å²) in [6, 6.07) is 22.0. The minimum atomic E-state index is -0.820. The van der Waals surface area contributed by atoms with Crippen LogP contribution in [0, 0.1) is 0 Å². The topological polar surface area (TPSA) is 52.6 Å². The van der Waals surface area contributed by atoms with E-state index in [4.69, 9.17) is 9.47 Å². The molecule has 27 heavy (non-hydrogen) atoms. The first kappa shape index (κ1) is 17.0. The zero-order chi connectivity index (χ0) is 18.8. The number of hydrogen-bond acceptors (Lipinski definition) is 4. The van der Waals surface area contributed by atoms with Crippen molar-refractivity contribution in [1.82, 2.24) is 0 Å². The Balaban J connectivity index is 1.60. The number of methoxy groups -OCH3 is 1. The molecule has 4 nitrogen and oxygen atoms in total. The highest BCUT2D eigenvalue weighted by Gasteiger charge is 2.39. The minimum absolute atomic E-state index is 0.171. The maximum absolute atomic E-state index is 12.7. The number of carbonyl (C=O) groups is 2. The van der Waals surface area contributed by atoms with Gasteiger partial charge in [0.2, 0.25) is 0 Å². The summed E-state index contributed by atoms with van der Waals surface area (Å²) in [4.78, 5) is 25.4. The molecule has 1 aliphatic rings. The number of rotatable bonds is 5. The lowest BCUT2D eigenvalue weighted by Gasteiger charge is -2.14. The molecule has 0 saturated heterocycles. The second kappa shape index (κ2) is 7.08. The highest BCUT2D eigenvalue weighted by atomic mass is 16.5. The first-order valence-electron chi connectivity index (χ1n) is 8.71. The summed E-state index contributed by atoms with van der Waals surface area (Å²) in [6.45, 7) is 0.406. The third-order valence-electron chi connectivity index (χ3n) is 4.74. The Morgan fingerprint density at radius 1 is 0.778 bits per heavy atom. The minimum Gasteiger partial charge on any atom is -0.493 e. The quantitative estimate of drug-likeness (QED) is 0.633. The largest absolute Gasteiger partial charge is 0.493 e. The molecule has 0 unspecified atom stereocenters. The first-order chi connectivity index (χ1) is 13.2. The summed E-state index contributed by atoms with van der Waals surface area (Å²) >= 11 is 0. The molecule has 0 amide bonds. The lowest BCUT2D eigenvalue weighted by Crippen LogP contribution is -2.13. The molecule has 0 saturated carbocycles. The van der Waals surface area contributed by atoms with Crippen molar-refractivity contribution in [2.75, 3.05) is 7.11 Å². The van der Waals surface area contributed by atoms with E-state index in [1.807, 2.05) is 30.3 Å². The Labute approximate surface area is 157 Å². The zero-order valence-electron chi connectivity index (χ0n) is 14.8. The molecule has 4 heteroatoms. The summed E-state index contributed by atoms with van der Waals surface area (Å²) in [5, 5.41) is 0.